The summed E-state index contributed by atoms with van der Waals surface area (Å²) in [6.45, 7) is 5.68. The maximum atomic E-state index is 12.9. The molecule has 0 heterocycles. The van der Waals surface area contributed by atoms with Crippen molar-refractivity contribution < 1.29 is 13.5 Å². The van der Waals surface area contributed by atoms with E-state index in [1.165, 1.54) is 0 Å². The molecule has 1 N–H and O–H groups in total. The van der Waals surface area contributed by atoms with Crippen molar-refractivity contribution in [1.82, 2.24) is 0 Å². The molecular weight excluding hydrogens is 272 g/mol. The van der Waals surface area contributed by atoms with Crippen LogP contribution >= 0.6 is 0 Å². The molecule has 3 nitrogen and oxygen atoms in total. The van der Waals surface area contributed by atoms with Gasteiger partial charge in [0.1, 0.15) is 0 Å². The summed E-state index contributed by atoms with van der Waals surface area (Å²) in [5, 5.41) is 10.2. The molecular formula is C16H22O3S. The van der Waals surface area contributed by atoms with Crippen molar-refractivity contribution in [3.63, 3.8) is 0 Å². The SMILES string of the molecule is C=CC[C@@]1(S(=O)(=O)c2ccccc2)C[C@@H]1[C@@H](O)CCC. The number of rotatable bonds is 7. The van der Waals surface area contributed by atoms with Crippen LogP contribution in [0.2, 0.25) is 0 Å². The Morgan fingerprint density at radius 3 is 2.65 bits per heavy atom. The van der Waals surface area contributed by atoms with Gasteiger partial charge in [-0.3, -0.25) is 0 Å². The minimum absolute atomic E-state index is 0.175. The van der Waals surface area contributed by atoms with E-state index in [-0.39, 0.29) is 5.92 Å². The average molecular weight is 294 g/mol. The quantitative estimate of drug-likeness (QED) is 0.787. The highest BCUT2D eigenvalue weighted by Crippen LogP contribution is 2.57. The van der Waals surface area contributed by atoms with E-state index in [1.54, 1.807) is 36.4 Å². The van der Waals surface area contributed by atoms with Crippen LogP contribution in [0.3, 0.4) is 0 Å². The predicted molar refractivity (Wildman–Crippen MR) is 80.2 cm³/mol. The highest BCUT2D eigenvalue weighted by molar-refractivity contribution is 7.93. The van der Waals surface area contributed by atoms with Crippen LogP contribution in [0.5, 0.6) is 0 Å². The monoisotopic (exact) mass is 294 g/mol. The second-order valence-electron chi connectivity index (χ2n) is 5.54. The molecule has 0 bridgehead atoms. The van der Waals surface area contributed by atoms with Gasteiger partial charge in [0.15, 0.2) is 9.84 Å². The van der Waals surface area contributed by atoms with Gasteiger partial charge in [0.05, 0.1) is 15.7 Å². The van der Waals surface area contributed by atoms with Gasteiger partial charge in [0, 0.05) is 5.92 Å². The van der Waals surface area contributed by atoms with Crippen LogP contribution in [0.15, 0.2) is 47.9 Å². The molecule has 1 aliphatic carbocycles. The fourth-order valence-electron chi connectivity index (χ4n) is 3.03. The minimum atomic E-state index is -3.43. The van der Waals surface area contributed by atoms with E-state index >= 15 is 0 Å². The highest BCUT2D eigenvalue weighted by Gasteiger charge is 2.64. The minimum Gasteiger partial charge on any atom is -0.393 e. The molecule has 0 unspecified atom stereocenters. The van der Waals surface area contributed by atoms with Gasteiger partial charge in [-0.1, -0.05) is 37.6 Å². The summed E-state index contributed by atoms with van der Waals surface area (Å²) in [4.78, 5) is 0.341. The van der Waals surface area contributed by atoms with Gasteiger partial charge in [-0.25, -0.2) is 8.42 Å². The van der Waals surface area contributed by atoms with Crippen molar-refractivity contribution in [2.24, 2.45) is 5.92 Å². The van der Waals surface area contributed by atoms with E-state index < -0.39 is 20.7 Å². The van der Waals surface area contributed by atoms with Crippen molar-refractivity contribution in [2.75, 3.05) is 0 Å². The average Bonchev–Trinajstić information content (AvgIpc) is 3.17. The standard InChI is InChI=1S/C16H22O3S/c1-3-8-15(17)14-12-16(14,11-4-2)20(18,19)13-9-6-5-7-10-13/h4-7,9-10,14-15,17H,2-3,8,11-12H2,1H3/t14-,15+,16-/m1/s1. The lowest BCUT2D eigenvalue weighted by Gasteiger charge is -2.19. The fraction of sp³-hybridized carbons (Fsp3) is 0.500. The van der Waals surface area contributed by atoms with Crippen molar-refractivity contribution in [2.45, 2.75) is 48.4 Å². The van der Waals surface area contributed by atoms with Gasteiger partial charge in [-0.2, -0.15) is 0 Å². The Hall–Kier alpha value is -1.13. The van der Waals surface area contributed by atoms with Crippen molar-refractivity contribution >= 4 is 9.84 Å². The normalized spacial score (nSPS) is 27.0. The Bertz CT molecular complexity index is 565. The molecule has 0 amide bonds. The van der Waals surface area contributed by atoms with Gasteiger partial charge >= 0.3 is 0 Å². The number of hydrogen-bond donors (Lipinski definition) is 1. The smallest absolute Gasteiger partial charge is 0.184 e. The fourth-order valence-corrected chi connectivity index (χ4v) is 5.31. The molecule has 1 aliphatic rings. The second kappa shape index (κ2) is 5.70. The third kappa shape index (κ3) is 2.42. The second-order valence-corrected chi connectivity index (χ2v) is 7.83. The number of allylic oxidation sites excluding steroid dienone is 1. The first-order chi connectivity index (χ1) is 9.49. The van der Waals surface area contributed by atoms with E-state index in [0.29, 0.717) is 24.2 Å². The molecule has 1 saturated carbocycles. The van der Waals surface area contributed by atoms with Crippen LogP contribution in [-0.4, -0.2) is 24.4 Å². The number of aliphatic hydroxyl groups excluding tert-OH is 1. The maximum Gasteiger partial charge on any atom is 0.184 e. The molecule has 0 aromatic heterocycles. The van der Waals surface area contributed by atoms with E-state index in [1.807, 2.05) is 6.92 Å². The predicted octanol–water partition coefficient (Wildman–Crippen LogP) is 2.96. The number of benzene rings is 1. The Balaban J connectivity index is 2.34. The van der Waals surface area contributed by atoms with E-state index in [2.05, 4.69) is 6.58 Å². The summed E-state index contributed by atoms with van der Waals surface area (Å²) in [5.74, 6) is -0.175. The Morgan fingerprint density at radius 2 is 2.10 bits per heavy atom. The lowest BCUT2D eigenvalue weighted by atomic mass is 10.1. The van der Waals surface area contributed by atoms with Crippen LogP contribution in [0.25, 0.3) is 0 Å². The molecule has 1 fully saturated rings. The summed E-state index contributed by atoms with van der Waals surface area (Å²) >= 11 is 0. The third-order valence-corrected chi connectivity index (χ3v) is 6.81. The third-order valence-electron chi connectivity index (χ3n) is 4.21. The molecule has 0 spiro atoms. The summed E-state index contributed by atoms with van der Waals surface area (Å²) < 4.78 is 24.9. The van der Waals surface area contributed by atoms with E-state index in [0.717, 1.165) is 6.42 Å². The van der Waals surface area contributed by atoms with Gasteiger partial charge in [0.25, 0.3) is 0 Å². The topological polar surface area (TPSA) is 54.4 Å². The summed E-state index contributed by atoms with van der Waals surface area (Å²) in [6, 6.07) is 8.52. The molecule has 0 aliphatic heterocycles. The lowest BCUT2D eigenvalue weighted by Crippen LogP contribution is -2.29. The molecule has 3 atom stereocenters. The van der Waals surface area contributed by atoms with Crippen molar-refractivity contribution in [3.05, 3.63) is 43.0 Å². The molecule has 0 radical (unpaired) electrons. The Labute approximate surface area is 121 Å². The molecule has 0 saturated heterocycles. The van der Waals surface area contributed by atoms with Crippen molar-refractivity contribution in [3.8, 4) is 0 Å². The number of aliphatic hydroxyl groups is 1. The zero-order chi connectivity index (χ0) is 14.8. The zero-order valence-corrected chi connectivity index (χ0v) is 12.6. The number of sulfone groups is 1. The van der Waals surface area contributed by atoms with Crippen molar-refractivity contribution in [1.29, 1.82) is 0 Å². The largest absolute Gasteiger partial charge is 0.393 e. The molecule has 2 rings (SSSR count). The molecule has 110 valence electrons. The van der Waals surface area contributed by atoms with Crippen LogP contribution in [-0.2, 0) is 9.84 Å². The summed E-state index contributed by atoms with van der Waals surface area (Å²) in [7, 11) is -3.43. The van der Waals surface area contributed by atoms with Crippen LogP contribution in [0, 0.1) is 5.92 Å². The first-order valence-corrected chi connectivity index (χ1v) is 8.56. The molecule has 1 aromatic carbocycles. The van der Waals surface area contributed by atoms with Gasteiger partial charge in [-0.15, -0.1) is 6.58 Å². The molecule has 1 aromatic rings. The molecule has 4 heteroatoms. The first-order valence-electron chi connectivity index (χ1n) is 7.08. The van der Waals surface area contributed by atoms with E-state index in [9.17, 15) is 13.5 Å². The van der Waals surface area contributed by atoms with E-state index in [4.69, 9.17) is 0 Å². The van der Waals surface area contributed by atoms with Crippen LogP contribution < -0.4 is 0 Å². The van der Waals surface area contributed by atoms with Crippen LogP contribution in [0.4, 0.5) is 0 Å². The lowest BCUT2D eigenvalue weighted by molar-refractivity contribution is 0.136. The van der Waals surface area contributed by atoms with Crippen LogP contribution in [0.1, 0.15) is 32.6 Å². The van der Waals surface area contributed by atoms with Gasteiger partial charge < -0.3 is 5.11 Å². The van der Waals surface area contributed by atoms with Gasteiger partial charge in [0.2, 0.25) is 0 Å². The first kappa shape index (κ1) is 15.3. The summed E-state index contributed by atoms with van der Waals surface area (Å²) in [6.07, 6.45) is 3.53. The molecule has 20 heavy (non-hydrogen) atoms. The van der Waals surface area contributed by atoms with Gasteiger partial charge in [-0.05, 0) is 31.4 Å². The summed E-state index contributed by atoms with van der Waals surface area (Å²) in [5.41, 5.74) is 0. The highest BCUT2D eigenvalue weighted by atomic mass is 32.2. The number of hydrogen-bond acceptors (Lipinski definition) is 3. The Morgan fingerprint density at radius 1 is 1.45 bits per heavy atom. The maximum absolute atomic E-state index is 12.9. The Kier molecular flexibility index (Phi) is 4.35. The zero-order valence-electron chi connectivity index (χ0n) is 11.8.